The summed E-state index contributed by atoms with van der Waals surface area (Å²) in [5, 5.41) is 0.529. The third-order valence-corrected chi connectivity index (χ3v) is 7.19. The van der Waals surface area contributed by atoms with Crippen molar-refractivity contribution in [2.75, 3.05) is 18.0 Å². The van der Waals surface area contributed by atoms with Gasteiger partial charge < -0.3 is 14.6 Å². The van der Waals surface area contributed by atoms with E-state index in [2.05, 4.69) is 46.1 Å². The molecule has 1 atom stereocenters. The minimum absolute atomic E-state index is 0.115. The maximum Gasteiger partial charge on any atom is 0.416 e. The van der Waals surface area contributed by atoms with Gasteiger partial charge in [-0.2, -0.15) is 13.2 Å². The number of benzene rings is 2. The van der Waals surface area contributed by atoms with Crippen LogP contribution in [-0.2, 0) is 16.5 Å². The lowest BCUT2D eigenvalue weighted by molar-refractivity contribution is -0.137. The Kier molecular flexibility index (Phi) is 4.74. The Bertz CT molecular complexity index is 1350. The summed E-state index contributed by atoms with van der Waals surface area (Å²) in [6, 6.07) is 17.9. The van der Waals surface area contributed by atoms with E-state index in [1.165, 1.54) is 23.3 Å². The van der Waals surface area contributed by atoms with Crippen molar-refractivity contribution >= 4 is 16.7 Å². The van der Waals surface area contributed by atoms with Crippen LogP contribution in [0, 0.1) is 0 Å². The minimum atomic E-state index is -4.36. The van der Waals surface area contributed by atoms with Crippen LogP contribution in [0.25, 0.3) is 22.2 Å². The second kappa shape index (κ2) is 7.60. The lowest BCUT2D eigenvalue weighted by Crippen LogP contribution is -2.43. The van der Waals surface area contributed by atoms with Crippen LogP contribution in [0.2, 0.25) is 0 Å². The SMILES string of the molecule is CC1OC2(CCN(c3ccc(-c4cc5cc(C(F)(F)F)ccc5[nH]4)cn3)CC2)c2ccccc21. The van der Waals surface area contributed by atoms with Gasteiger partial charge in [0, 0.05) is 41.4 Å². The van der Waals surface area contributed by atoms with Crippen molar-refractivity contribution in [1.82, 2.24) is 9.97 Å². The van der Waals surface area contributed by atoms with Gasteiger partial charge in [0.2, 0.25) is 0 Å². The Morgan fingerprint density at radius 1 is 1.03 bits per heavy atom. The smallest absolute Gasteiger partial charge is 0.363 e. The van der Waals surface area contributed by atoms with E-state index in [0.29, 0.717) is 10.9 Å². The zero-order chi connectivity index (χ0) is 23.5. The molecule has 7 heteroatoms. The molecule has 174 valence electrons. The predicted molar refractivity (Wildman–Crippen MR) is 126 cm³/mol. The second-order valence-corrected chi connectivity index (χ2v) is 9.22. The van der Waals surface area contributed by atoms with Gasteiger partial charge in [0.05, 0.1) is 17.3 Å². The number of aromatic nitrogens is 2. The molecule has 0 saturated carbocycles. The van der Waals surface area contributed by atoms with Crippen molar-refractivity contribution in [2.24, 2.45) is 0 Å². The molecule has 2 aliphatic rings. The highest BCUT2D eigenvalue weighted by molar-refractivity contribution is 5.86. The summed E-state index contributed by atoms with van der Waals surface area (Å²) in [7, 11) is 0. The van der Waals surface area contributed by atoms with Crippen LogP contribution >= 0.6 is 0 Å². The highest BCUT2D eigenvalue weighted by atomic mass is 19.4. The molecule has 6 rings (SSSR count). The Hall–Kier alpha value is -3.32. The predicted octanol–water partition coefficient (Wildman–Crippen LogP) is 6.84. The van der Waals surface area contributed by atoms with Crippen LogP contribution in [-0.4, -0.2) is 23.1 Å². The Balaban J connectivity index is 1.19. The molecule has 1 fully saturated rings. The molecule has 2 aromatic carbocycles. The molecular weight excluding hydrogens is 439 g/mol. The number of alkyl halides is 3. The zero-order valence-electron chi connectivity index (χ0n) is 18.7. The molecular formula is C27H24F3N3O. The molecule has 2 aromatic heterocycles. The summed E-state index contributed by atoms with van der Waals surface area (Å²) in [6.45, 7) is 3.81. The molecule has 4 nitrogen and oxygen atoms in total. The number of aromatic amines is 1. The number of nitrogens with zero attached hydrogens (tertiary/aromatic N) is 2. The molecule has 1 N–H and O–H groups in total. The average molecular weight is 464 g/mol. The standard InChI is InChI=1S/C27H24F3N3O/c1-17-21-4-2-3-5-22(21)26(34-17)10-12-33(13-11-26)25-9-6-18(16-31-25)24-15-19-14-20(27(28,29)30)7-8-23(19)32-24/h2-9,14-17,32H,10-13H2,1H3. The van der Waals surface area contributed by atoms with E-state index in [1.807, 2.05) is 12.1 Å². The molecule has 2 aliphatic heterocycles. The van der Waals surface area contributed by atoms with Gasteiger partial charge in [-0.25, -0.2) is 4.98 Å². The highest BCUT2D eigenvalue weighted by Crippen LogP contribution is 2.49. The molecule has 0 radical (unpaired) electrons. The van der Waals surface area contributed by atoms with Crippen molar-refractivity contribution < 1.29 is 17.9 Å². The number of anilines is 1. The summed E-state index contributed by atoms with van der Waals surface area (Å²) >= 11 is 0. The van der Waals surface area contributed by atoms with Crippen molar-refractivity contribution in [2.45, 2.75) is 37.6 Å². The molecule has 4 heterocycles. The number of hydrogen-bond acceptors (Lipinski definition) is 3. The van der Waals surface area contributed by atoms with Crippen LogP contribution in [0.5, 0.6) is 0 Å². The third kappa shape index (κ3) is 3.46. The van der Waals surface area contributed by atoms with E-state index >= 15 is 0 Å². The first-order valence-electron chi connectivity index (χ1n) is 11.5. The summed E-state index contributed by atoms with van der Waals surface area (Å²) in [4.78, 5) is 10.1. The summed E-state index contributed by atoms with van der Waals surface area (Å²) in [6.07, 6.45) is -0.657. The van der Waals surface area contributed by atoms with Gasteiger partial charge >= 0.3 is 6.18 Å². The van der Waals surface area contributed by atoms with Crippen LogP contribution in [0.4, 0.5) is 19.0 Å². The first kappa shape index (κ1) is 21.2. The molecule has 0 amide bonds. The summed E-state index contributed by atoms with van der Waals surface area (Å²) in [5.41, 5.74) is 3.99. The number of halogens is 3. The summed E-state index contributed by atoms with van der Waals surface area (Å²) < 4.78 is 45.5. The van der Waals surface area contributed by atoms with Crippen molar-refractivity contribution in [1.29, 1.82) is 0 Å². The topological polar surface area (TPSA) is 41.1 Å². The second-order valence-electron chi connectivity index (χ2n) is 9.22. The normalized spacial score (nSPS) is 19.6. The fraction of sp³-hybridized carbons (Fsp3) is 0.296. The van der Waals surface area contributed by atoms with Crippen LogP contribution < -0.4 is 4.90 Å². The maximum atomic E-state index is 13.0. The van der Waals surface area contributed by atoms with Crippen molar-refractivity contribution in [3.05, 3.63) is 83.6 Å². The van der Waals surface area contributed by atoms with E-state index in [0.717, 1.165) is 49.1 Å². The van der Waals surface area contributed by atoms with E-state index in [1.54, 1.807) is 12.3 Å². The number of fused-ring (bicyclic) bond motifs is 3. The number of rotatable bonds is 2. The third-order valence-electron chi connectivity index (χ3n) is 7.19. The molecule has 0 aliphatic carbocycles. The molecule has 34 heavy (non-hydrogen) atoms. The van der Waals surface area contributed by atoms with Gasteiger partial charge in [-0.05, 0) is 67.3 Å². The van der Waals surface area contributed by atoms with E-state index in [9.17, 15) is 13.2 Å². The Morgan fingerprint density at radius 2 is 1.82 bits per heavy atom. The fourth-order valence-electron chi connectivity index (χ4n) is 5.41. The first-order chi connectivity index (χ1) is 16.3. The zero-order valence-corrected chi connectivity index (χ0v) is 18.7. The van der Waals surface area contributed by atoms with E-state index < -0.39 is 11.7 Å². The van der Waals surface area contributed by atoms with Crippen LogP contribution in [0.3, 0.4) is 0 Å². The molecule has 1 unspecified atom stereocenters. The number of piperidine rings is 1. The largest absolute Gasteiger partial charge is 0.416 e. The maximum absolute atomic E-state index is 13.0. The first-order valence-corrected chi connectivity index (χ1v) is 11.5. The van der Waals surface area contributed by atoms with Crippen LogP contribution in [0.15, 0.2) is 66.9 Å². The molecule has 0 bridgehead atoms. The molecule has 4 aromatic rings. The van der Waals surface area contributed by atoms with Gasteiger partial charge in [0.1, 0.15) is 5.82 Å². The Morgan fingerprint density at radius 3 is 2.56 bits per heavy atom. The van der Waals surface area contributed by atoms with Gasteiger partial charge in [-0.15, -0.1) is 0 Å². The van der Waals surface area contributed by atoms with E-state index in [-0.39, 0.29) is 11.7 Å². The quantitative estimate of drug-likeness (QED) is 0.354. The number of pyridine rings is 1. The average Bonchev–Trinajstić information content (AvgIpc) is 3.38. The number of hydrogen-bond donors (Lipinski definition) is 1. The van der Waals surface area contributed by atoms with Gasteiger partial charge in [0.25, 0.3) is 0 Å². The lowest BCUT2D eigenvalue weighted by Gasteiger charge is -2.40. The number of nitrogens with one attached hydrogen (secondary N) is 1. The van der Waals surface area contributed by atoms with E-state index in [4.69, 9.17) is 4.74 Å². The monoisotopic (exact) mass is 463 g/mol. The van der Waals surface area contributed by atoms with Gasteiger partial charge in [-0.1, -0.05) is 24.3 Å². The minimum Gasteiger partial charge on any atom is -0.363 e. The molecule has 1 saturated heterocycles. The Labute approximate surface area is 195 Å². The van der Waals surface area contributed by atoms with Crippen molar-refractivity contribution in [3.63, 3.8) is 0 Å². The summed E-state index contributed by atoms with van der Waals surface area (Å²) in [5.74, 6) is 0.897. The van der Waals surface area contributed by atoms with Gasteiger partial charge in [0.15, 0.2) is 0 Å². The lowest BCUT2D eigenvalue weighted by atomic mass is 9.83. The number of H-pyrrole nitrogens is 1. The number of ether oxygens (including phenoxy) is 1. The van der Waals surface area contributed by atoms with Crippen molar-refractivity contribution in [3.8, 4) is 11.3 Å². The fourth-order valence-corrected chi connectivity index (χ4v) is 5.41. The van der Waals surface area contributed by atoms with Crippen LogP contribution in [0.1, 0.15) is 42.6 Å². The highest BCUT2D eigenvalue weighted by Gasteiger charge is 2.45. The van der Waals surface area contributed by atoms with Gasteiger partial charge in [-0.3, -0.25) is 0 Å². The molecule has 1 spiro atoms.